The summed E-state index contributed by atoms with van der Waals surface area (Å²) >= 11 is 0. The monoisotopic (exact) mass is 265 g/mol. The molecule has 0 spiro atoms. The molecule has 1 aromatic carbocycles. The maximum atomic E-state index is 13.3. The molecule has 1 fully saturated rings. The predicted octanol–water partition coefficient (Wildman–Crippen LogP) is 2.55. The van der Waals surface area contributed by atoms with E-state index in [1.807, 2.05) is 0 Å². The normalized spacial score (nSPS) is 21.3. The van der Waals surface area contributed by atoms with Crippen molar-refractivity contribution in [1.29, 1.82) is 0 Å². The Kier molecular flexibility index (Phi) is 4.24. The molecular weight excluding hydrogens is 245 g/mol. The minimum atomic E-state index is -0.381. The minimum Gasteiger partial charge on any atom is -0.409 e. The van der Waals surface area contributed by atoms with Crippen molar-refractivity contribution in [3.63, 3.8) is 0 Å². The van der Waals surface area contributed by atoms with Crippen LogP contribution in [0.25, 0.3) is 0 Å². The SMILES string of the molecule is CC1CCCN(c2ccc(F)cc2C(N)=NO)CC1. The number of rotatable bonds is 2. The highest BCUT2D eigenvalue weighted by atomic mass is 19.1. The maximum absolute atomic E-state index is 13.3. The molecule has 19 heavy (non-hydrogen) atoms. The van der Waals surface area contributed by atoms with Crippen molar-refractivity contribution in [2.45, 2.75) is 26.2 Å². The lowest BCUT2D eigenvalue weighted by Gasteiger charge is -2.25. The van der Waals surface area contributed by atoms with Crippen LogP contribution in [0.1, 0.15) is 31.7 Å². The van der Waals surface area contributed by atoms with Gasteiger partial charge in [-0.15, -0.1) is 0 Å². The third-order valence-electron chi connectivity index (χ3n) is 3.70. The fraction of sp³-hybridized carbons (Fsp3) is 0.500. The van der Waals surface area contributed by atoms with Crippen LogP contribution in [0.4, 0.5) is 10.1 Å². The second-order valence-corrected chi connectivity index (χ2v) is 5.17. The topological polar surface area (TPSA) is 61.8 Å². The van der Waals surface area contributed by atoms with E-state index in [0.29, 0.717) is 11.5 Å². The van der Waals surface area contributed by atoms with Crippen LogP contribution in [0, 0.1) is 11.7 Å². The van der Waals surface area contributed by atoms with Crippen LogP contribution < -0.4 is 10.6 Å². The highest BCUT2D eigenvalue weighted by Crippen LogP contribution is 2.26. The fourth-order valence-electron chi connectivity index (χ4n) is 2.55. The van der Waals surface area contributed by atoms with Crippen molar-refractivity contribution in [2.75, 3.05) is 18.0 Å². The van der Waals surface area contributed by atoms with E-state index >= 15 is 0 Å². The summed E-state index contributed by atoms with van der Waals surface area (Å²) in [6.07, 6.45) is 3.41. The molecule has 0 radical (unpaired) electrons. The molecule has 0 saturated carbocycles. The molecule has 1 saturated heterocycles. The number of nitrogens with two attached hydrogens (primary N) is 1. The molecular formula is C14H20FN3O. The lowest BCUT2D eigenvalue weighted by molar-refractivity contribution is 0.318. The maximum Gasteiger partial charge on any atom is 0.172 e. The molecule has 104 valence electrons. The standard InChI is InChI=1S/C14H20FN3O/c1-10-3-2-7-18(8-6-10)13-5-4-11(15)9-12(13)14(16)17-19/h4-5,9-10,19H,2-3,6-8H2,1H3,(H2,16,17). The molecule has 1 aliphatic rings. The zero-order valence-electron chi connectivity index (χ0n) is 11.1. The number of oxime groups is 1. The number of benzene rings is 1. The van der Waals surface area contributed by atoms with E-state index in [0.717, 1.165) is 31.6 Å². The number of halogens is 1. The Morgan fingerprint density at radius 1 is 1.42 bits per heavy atom. The van der Waals surface area contributed by atoms with Gasteiger partial charge in [-0.3, -0.25) is 0 Å². The number of hydrogen-bond acceptors (Lipinski definition) is 3. The van der Waals surface area contributed by atoms with E-state index in [1.165, 1.54) is 18.6 Å². The van der Waals surface area contributed by atoms with Gasteiger partial charge in [0.2, 0.25) is 0 Å². The Hall–Kier alpha value is -1.78. The molecule has 1 unspecified atom stereocenters. The zero-order chi connectivity index (χ0) is 13.8. The van der Waals surface area contributed by atoms with E-state index in [2.05, 4.69) is 17.0 Å². The van der Waals surface area contributed by atoms with Crippen molar-refractivity contribution in [3.05, 3.63) is 29.6 Å². The highest BCUT2D eigenvalue weighted by Gasteiger charge is 2.18. The van der Waals surface area contributed by atoms with Gasteiger partial charge in [-0.05, 0) is 43.4 Å². The lowest BCUT2D eigenvalue weighted by atomic mass is 10.0. The number of anilines is 1. The van der Waals surface area contributed by atoms with Gasteiger partial charge in [0.1, 0.15) is 5.82 Å². The molecule has 0 aromatic heterocycles. The van der Waals surface area contributed by atoms with Crippen LogP contribution in [-0.2, 0) is 0 Å². The van der Waals surface area contributed by atoms with Gasteiger partial charge >= 0.3 is 0 Å². The molecule has 0 bridgehead atoms. The zero-order valence-corrected chi connectivity index (χ0v) is 11.1. The van der Waals surface area contributed by atoms with Crippen molar-refractivity contribution in [3.8, 4) is 0 Å². The highest BCUT2D eigenvalue weighted by molar-refractivity contribution is 6.02. The summed E-state index contributed by atoms with van der Waals surface area (Å²) in [4.78, 5) is 2.19. The van der Waals surface area contributed by atoms with Crippen LogP contribution in [0.15, 0.2) is 23.4 Å². The van der Waals surface area contributed by atoms with Crippen LogP contribution in [0.5, 0.6) is 0 Å². The average molecular weight is 265 g/mol. The number of hydrogen-bond donors (Lipinski definition) is 2. The second kappa shape index (κ2) is 5.91. The first-order chi connectivity index (χ1) is 9.11. The Morgan fingerprint density at radius 2 is 2.21 bits per heavy atom. The summed E-state index contributed by atoms with van der Waals surface area (Å²) in [5, 5.41) is 11.8. The van der Waals surface area contributed by atoms with Crippen LogP contribution in [0.2, 0.25) is 0 Å². The molecule has 1 aromatic rings. The van der Waals surface area contributed by atoms with Crippen LogP contribution in [-0.4, -0.2) is 24.1 Å². The summed E-state index contributed by atoms with van der Waals surface area (Å²) in [5.41, 5.74) is 6.94. The van der Waals surface area contributed by atoms with Gasteiger partial charge < -0.3 is 15.8 Å². The van der Waals surface area contributed by atoms with E-state index in [-0.39, 0.29) is 11.7 Å². The van der Waals surface area contributed by atoms with Gasteiger partial charge in [0.15, 0.2) is 5.84 Å². The van der Waals surface area contributed by atoms with Gasteiger partial charge in [0.25, 0.3) is 0 Å². The van der Waals surface area contributed by atoms with Crippen LogP contribution >= 0.6 is 0 Å². The van der Waals surface area contributed by atoms with E-state index < -0.39 is 0 Å². The molecule has 3 N–H and O–H groups in total. The summed E-state index contributed by atoms with van der Waals surface area (Å²) in [6.45, 7) is 4.08. The first-order valence-corrected chi connectivity index (χ1v) is 6.64. The smallest absolute Gasteiger partial charge is 0.172 e. The first kappa shape index (κ1) is 13.6. The summed E-state index contributed by atoms with van der Waals surface area (Å²) in [6, 6.07) is 4.44. The first-order valence-electron chi connectivity index (χ1n) is 6.64. The van der Waals surface area contributed by atoms with E-state index in [9.17, 15) is 4.39 Å². The van der Waals surface area contributed by atoms with Crippen LogP contribution in [0.3, 0.4) is 0 Å². The molecule has 0 aliphatic carbocycles. The lowest BCUT2D eigenvalue weighted by Crippen LogP contribution is -2.28. The predicted molar refractivity (Wildman–Crippen MR) is 74.1 cm³/mol. The van der Waals surface area contributed by atoms with E-state index in [1.54, 1.807) is 6.07 Å². The van der Waals surface area contributed by atoms with Crippen molar-refractivity contribution in [2.24, 2.45) is 16.8 Å². The molecule has 0 amide bonds. The van der Waals surface area contributed by atoms with Gasteiger partial charge in [0, 0.05) is 24.3 Å². The summed E-state index contributed by atoms with van der Waals surface area (Å²) in [5.74, 6) is 0.276. The van der Waals surface area contributed by atoms with Crippen molar-refractivity contribution in [1.82, 2.24) is 0 Å². The average Bonchev–Trinajstić information content (AvgIpc) is 2.62. The third-order valence-corrected chi connectivity index (χ3v) is 3.70. The minimum absolute atomic E-state index is 0.0493. The Morgan fingerprint density at radius 3 is 2.95 bits per heavy atom. The van der Waals surface area contributed by atoms with Gasteiger partial charge in [0.05, 0.1) is 0 Å². The molecule has 1 heterocycles. The Balaban J connectivity index is 2.33. The van der Waals surface area contributed by atoms with Gasteiger partial charge in [-0.25, -0.2) is 4.39 Å². The number of nitrogens with zero attached hydrogens (tertiary/aromatic N) is 2. The Bertz CT molecular complexity index is 476. The second-order valence-electron chi connectivity index (χ2n) is 5.17. The Labute approximate surface area is 112 Å². The largest absolute Gasteiger partial charge is 0.409 e. The van der Waals surface area contributed by atoms with Crippen molar-refractivity contribution < 1.29 is 9.60 Å². The third kappa shape index (κ3) is 3.16. The quantitative estimate of drug-likeness (QED) is 0.374. The summed E-state index contributed by atoms with van der Waals surface area (Å²) in [7, 11) is 0. The molecule has 4 nitrogen and oxygen atoms in total. The van der Waals surface area contributed by atoms with Gasteiger partial charge in [-0.1, -0.05) is 12.1 Å². The van der Waals surface area contributed by atoms with E-state index in [4.69, 9.17) is 10.9 Å². The fourth-order valence-corrected chi connectivity index (χ4v) is 2.55. The summed E-state index contributed by atoms with van der Waals surface area (Å²) < 4.78 is 13.3. The molecule has 2 rings (SSSR count). The molecule has 1 aliphatic heterocycles. The molecule has 5 heteroatoms. The van der Waals surface area contributed by atoms with Gasteiger partial charge in [-0.2, -0.15) is 0 Å². The molecule has 1 atom stereocenters. The van der Waals surface area contributed by atoms with Crippen molar-refractivity contribution >= 4 is 11.5 Å². The number of amidine groups is 1.